The molecule has 2 saturated carbocycles. The Morgan fingerprint density at radius 3 is 1.17 bits per heavy atom. The van der Waals surface area contributed by atoms with Crippen molar-refractivity contribution in [2.75, 3.05) is 0 Å². The fourth-order valence-electron chi connectivity index (χ4n) is 9.75. The zero-order chi connectivity index (χ0) is 43.9. The summed E-state index contributed by atoms with van der Waals surface area (Å²) in [5, 5.41) is 28.9. The van der Waals surface area contributed by atoms with Gasteiger partial charge in [0.1, 0.15) is 22.7 Å². The van der Waals surface area contributed by atoms with Crippen LogP contribution in [0, 0.1) is 0 Å². The summed E-state index contributed by atoms with van der Waals surface area (Å²) in [6.07, 6.45) is 14.0. The smallest absolute Gasteiger partial charge is 0.256 e. The largest absolute Gasteiger partial charge is 0.412 e. The highest BCUT2D eigenvalue weighted by Crippen LogP contribution is 2.42. The summed E-state index contributed by atoms with van der Waals surface area (Å²) in [7, 11) is 0. The van der Waals surface area contributed by atoms with E-state index in [1.165, 1.54) is 0 Å². The Balaban J connectivity index is 0.000000280. The molecule has 2 amide bonds. The maximum atomic E-state index is 13.4. The third-order valence-electron chi connectivity index (χ3n) is 13.2. The molecule has 4 heterocycles. The van der Waals surface area contributed by atoms with Gasteiger partial charge in [0, 0.05) is 24.0 Å². The molecule has 8 N–H and O–H groups in total. The molecule has 19 heteroatoms. The monoisotopic (exact) mass is 982 g/mol. The molecule has 69 heavy (non-hydrogen) atoms. The molecule has 2 aliphatic carbocycles. The number of amidine groups is 2. The number of benzene rings is 4. The molecule has 0 unspecified atom stereocenters. The van der Waals surface area contributed by atoms with Gasteiger partial charge in [0.2, 0.25) is 11.6 Å². The van der Waals surface area contributed by atoms with Gasteiger partial charge in [-0.15, -0.1) is 45.2 Å². The molecule has 368 valence electrons. The van der Waals surface area contributed by atoms with Gasteiger partial charge in [-0.1, -0.05) is 149 Å². The minimum atomic E-state index is -0.480. The number of halogens is 2. The van der Waals surface area contributed by atoms with Gasteiger partial charge >= 0.3 is 0 Å². The number of tetrazole rings is 2. The van der Waals surface area contributed by atoms with E-state index in [9.17, 15) is 9.59 Å². The van der Waals surface area contributed by atoms with Crippen LogP contribution in [-0.2, 0) is 22.7 Å². The first-order valence-electron chi connectivity index (χ1n) is 23.1. The number of carbonyl (C=O) groups is 2. The predicted molar refractivity (Wildman–Crippen MR) is 273 cm³/mol. The fraction of sp³-hybridized carbons (Fsp3) is 0.400. The molecule has 2 aliphatic heterocycles. The van der Waals surface area contributed by atoms with Crippen molar-refractivity contribution in [3.8, 4) is 45.0 Å². The molecule has 4 aromatic carbocycles. The number of nitrogens with one attached hydrogen (secondary N) is 2. The Bertz CT molecular complexity index is 2430. The SMILES string of the molecule is CCCCC1=NC2(CCCC2)C(=O)N1Cc1ccc(-c2ccccc2-c2nn[nH]n2)cc1.CCCCC1=NC2(CCCC2)C(=O)N1Cc1ccc(-c2ccccc2-c2nn[nH]n2)cc1.Cl.Cl.O.O.O. The second-order valence-electron chi connectivity index (χ2n) is 17.5. The lowest BCUT2D eigenvalue weighted by Gasteiger charge is -2.23. The molecule has 0 atom stereocenters. The number of carbonyl (C=O) groups excluding carboxylic acids is 2. The molecule has 0 bridgehead atoms. The Labute approximate surface area is 414 Å². The van der Waals surface area contributed by atoms with Crippen molar-refractivity contribution < 1.29 is 26.0 Å². The van der Waals surface area contributed by atoms with Gasteiger partial charge in [-0.2, -0.15) is 10.4 Å². The average molecular weight is 984 g/mol. The van der Waals surface area contributed by atoms with Crippen molar-refractivity contribution in [3.05, 3.63) is 108 Å². The van der Waals surface area contributed by atoms with Gasteiger partial charge < -0.3 is 16.4 Å². The van der Waals surface area contributed by atoms with Crippen LogP contribution in [0.5, 0.6) is 0 Å². The molecule has 4 aliphatic rings. The van der Waals surface area contributed by atoms with Crippen molar-refractivity contribution in [2.24, 2.45) is 9.98 Å². The first-order valence-corrected chi connectivity index (χ1v) is 23.1. The maximum absolute atomic E-state index is 13.4. The average Bonchev–Trinajstić information content (AvgIpc) is 4.22. The second-order valence-corrected chi connectivity index (χ2v) is 17.5. The minimum absolute atomic E-state index is 0. The first kappa shape index (κ1) is 55.4. The Morgan fingerprint density at radius 2 is 0.855 bits per heavy atom. The Kier molecular flexibility index (Phi) is 19.9. The number of H-pyrrole nitrogens is 2. The molecule has 10 rings (SSSR count). The van der Waals surface area contributed by atoms with Crippen molar-refractivity contribution in [1.29, 1.82) is 0 Å². The zero-order valence-corrected chi connectivity index (χ0v) is 40.8. The lowest BCUT2D eigenvalue weighted by molar-refractivity contribution is -0.132. The number of hydrogen-bond donors (Lipinski definition) is 2. The van der Waals surface area contributed by atoms with E-state index in [0.717, 1.165) is 146 Å². The van der Waals surface area contributed by atoms with Crippen LogP contribution in [0.1, 0.15) is 115 Å². The van der Waals surface area contributed by atoms with Gasteiger partial charge in [0.15, 0.2) is 0 Å². The number of aromatic amines is 2. The van der Waals surface area contributed by atoms with Gasteiger partial charge in [-0.25, -0.2) is 0 Å². The third kappa shape index (κ3) is 11.6. The number of amides is 2. The standard InChI is InChI=1S/2C25H28N6O.2ClH.3H2O/c2*1-2-3-10-22-26-25(15-6-7-16-25)24(32)31(22)17-18-11-13-19(14-12-18)20-8-4-5-9-21(20)23-27-29-30-28-23;;;;;/h2*4-5,8-9,11-14H,2-3,6-7,10,15-17H2,1H3,(H,27,28,29,30);2*1H;3*1H2. The van der Waals surface area contributed by atoms with Crippen LogP contribution >= 0.6 is 24.8 Å². The van der Waals surface area contributed by atoms with Crippen molar-refractivity contribution >= 4 is 48.3 Å². The highest BCUT2D eigenvalue weighted by molar-refractivity contribution is 6.09. The van der Waals surface area contributed by atoms with Crippen molar-refractivity contribution in [1.82, 2.24) is 51.0 Å². The van der Waals surface area contributed by atoms with E-state index >= 15 is 0 Å². The third-order valence-corrected chi connectivity index (χ3v) is 13.2. The lowest BCUT2D eigenvalue weighted by atomic mass is 9.97. The van der Waals surface area contributed by atoms with E-state index in [2.05, 4.69) is 116 Å². The van der Waals surface area contributed by atoms with E-state index in [1.54, 1.807) is 0 Å². The molecular weight excluding hydrogens is 920 g/mol. The van der Waals surface area contributed by atoms with Gasteiger partial charge in [0.25, 0.3) is 11.8 Å². The molecule has 17 nitrogen and oxygen atoms in total. The molecule has 0 radical (unpaired) electrons. The summed E-state index contributed by atoms with van der Waals surface area (Å²) in [5.41, 5.74) is 7.38. The number of rotatable bonds is 14. The van der Waals surface area contributed by atoms with Crippen LogP contribution in [0.4, 0.5) is 0 Å². The maximum Gasteiger partial charge on any atom is 0.256 e. The second kappa shape index (κ2) is 24.9. The van der Waals surface area contributed by atoms with Gasteiger partial charge in [-0.3, -0.25) is 29.4 Å². The van der Waals surface area contributed by atoms with Gasteiger partial charge in [0.05, 0.1) is 13.1 Å². The molecule has 6 aromatic rings. The summed E-state index contributed by atoms with van der Waals surface area (Å²) in [6, 6.07) is 32.9. The number of nitrogens with zero attached hydrogens (tertiary/aromatic N) is 10. The quantitative estimate of drug-likeness (QED) is 0.108. The van der Waals surface area contributed by atoms with E-state index in [0.29, 0.717) is 24.7 Å². The molecule has 2 fully saturated rings. The van der Waals surface area contributed by atoms with Crippen molar-refractivity contribution in [2.45, 2.75) is 128 Å². The number of unbranched alkanes of at least 4 members (excludes halogenated alkanes) is 2. The van der Waals surface area contributed by atoms with E-state index in [-0.39, 0.29) is 53.1 Å². The topological polar surface area (TPSA) is 269 Å². The van der Waals surface area contributed by atoms with Crippen LogP contribution in [0.15, 0.2) is 107 Å². The molecule has 2 aromatic heterocycles. The van der Waals surface area contributed by atoms with E-state index in [4.69, 9.17) is 9.98 Å². The highest BCUT2D eigenvalue weighted by Gasteiger charge is 2.50. The number of aromatic nitrogens is 8. The normalized spacial score (nSPS) is 16.1. The predicted octanol–water partition coefficient (Wildman–Crippen LogP) is 7.92. The van der Waals surface area contributed by atoms with E-state index < -0.39 is 11.1 Å². The fourth-order valence-corrected chi connectivity index (χ4v) is 9.75. The summed E-state index contributed by atoms with van der Waals surface area (Å²) in [5.74, 6) is 3.51. The lowest BCUT2D eigenvalue weighted by Crippen LogP contribution is -2.40. The van der Waals surface area contributed by atoms with Crippen LogP contribution in [0.3, 0.4) is 0 Å². The number of aliphatic imine (C=N–C) groups is 2. The Hall–Kier alpha value is -6.24. The van der Waals surface area contributed by atoms with Crippen LogP contribution in [0.2, 0.25) is 0 Å². The molecule has 0 saturated heterocycles. The first-order chi connectivity index (χ1) is 31.4. The summed E-state index contributed by atoms with van der Waals surface area (Å²) >= 11 is 0. The van der Waals surface area contributed by atoms with Crippen LogP contribution in [-0.4, -0.2) is 102 Å². The summed E-state index contributed by atoms with van der Waals surface area (Å²) in [4.78, 5) is 40.6. The van der Waals surface area contributed by atoms with Crippen molar-refractivity contribution in [3.63, 3.8) is 0 Å². The molecular formula is C50H64Cl2N12O5. The zero-order valence-electron chi connectivity index (χ0n) is 39.2. The summed E-state index contributed by atoms with van der Waals surface area (Å²) in [6.45, 7) is 5.52. The van der Waals surface area contributed by atoms with E-state index in [1.807, 2.05) is 46.2 Å². The van der Waals surface area contributed by atoms with Crippen LogP contribution in [0.25, 0.3) is 45.0 Å². The Morgan fingerprint density at radius 1 is 0.507 bits per heavy atom. The minimum Gasteiger partial charge on any atom is -0.412 e. The van der Waals surface area contributed by atoms with Gasteiger partial charge in [-0.05, 0) is 82.3 Å². The summed E-state index contributed by atoms with van der Waals surface area (Å²) < 4.78 is 0. The molecule has 2 spiro atoms. The number of hydrogen-bond acceptors (Lipinski definition) is 10. The van der Waals surface area contributed by atoms with Crippen LogP contribution < -0.4 is 0 Å². The highest BCUT2D eigenvalue weighted by atomic mass is 35.5.